The highest BCUT2D eigenvalue weighted by molar-refractivity contribution is 8.02. The summed E-state index contributed by atoms with van der Waals surface area (Å²) >= 11 is 1.55. The molecular weight excluding hydrogens is 496 g/mol. The van der Waals surface area contributed by atoms with E-state index >= 15 is 0 Å². The van der Waals surface area contributed by atoms with Gasteiger partial charge in [-0.1, -0.05) is 25.0 Å². The molecule has 2 aromatic carbocycles. The highest BCUT2D eigenvalue weighted by Gasteiger charge is 2.38. The number of aromatic nitrogens is 1. The molecule has 38 heavy (non-hydrogen) atoms. The number of aromatic amines is 1. The van der Waals surface area contributed by atoms with E-state index in [0.29, 0.717) is 16.9 Å². The summed E-state index contributed by atoms with van der Waals surface area (Å²) in [7, 11) is 0. The zero-order valence-electron chi connectivity index (χ0n) is 21.5. The minimum atomic E-state index is -0.386. The van der Waals surface area contributed by atoms with Crippen molar-refractivity contribution in [3.05, 3.63) is 59.3 Å². The Morgan fingerprint density at radius 1 is 1.32 bits per heavy atom. The normalized spacial score (nSPS) is 17.6. The lowest BCUT2D eigenvalue weighted by Crippen LogP contribution is -2.50. The highest BCUT2D eigenvalue weighted by atomic mass is 32.2. The fraction of sp³-hybridized carbons (Fsp3) is 0.345. The largest absolute Gasteiger partial charge is 0.398 e. The van der Waals surface area contributed by atoms with E-state index in [9.17, 15) is 4.79 Å². The zero-order chi connectivity index (χ0) is 26.5. The zero-order valence-corrected chi connectivity index (χ0v) is 22.3. The van der Waals surface area contributed by atoms with E-state index in [2.05, 4.69) is 26.9 Å². The number of rotatable bonds is 9. The second-order valence-electron chi connectivity index (χ2n) is 9.92. The molecule has 2 fully saturated rings. The fourth-order valence-corrected chi connectivity index (χ4v) is 6.36. The molecule has 0 radical (unpaired) electrons. The number of H-pyrrole nitrogens is 1. The van der Waals surface area contributed by atoms with Crippen LogP contribution in [0.5, 0.6) is 0 Å². The van der Waals surface area contributed by atoms with E-state index in [0.717, 1.165) is 73.1 Å². The number of morpholine rings is 1. The average Bonchev–Trinajstić information content (AvgIpc) is 3.58. The van der Waals surface area contributed by atoms with Gasteiger partial charge in [0.05, 0.1) is 17.9 Å². The predicted octanol–water partition coefficient (Wildman–Crippen LogP) is 5.27. The Hall–Kier alpha value is -3.40. The van der Waals surface area contributed by atoms with Crippen molar-refractivity contribution in [2.45, 2.75) is 31.3 Å². The number of nitrogens with zero attached hydrogens (tertiary/aromatic N) is 2. The molecule has 1 spiro atoms. The number of hydrogen-bond donors (Lipinski definition) is 4. The molecule has 0 bridgehead atoms. The summed E-state index contributed by atoms with van der Waals surface area (Å²) in [6.07, 6.45) is 7.87. The van der Waals surface area contributed by atoms with Gasteiger partial charge in [-0.3, -0.25) is 14.7 Å². The summed E-state index contributed by atoms with van der Waals surface area (Å²) in [5.74, 6) is 0.459. The van der Waals surface area contributed by atoms with E-state index in [1.54, 1.807) is 17.2 Å². The molecule has 9 heteroatoms. The molecule has 0 unspecified atom stereocenters. The van der Waals surface area contributed by atoms with E-state index in [-0.39, 0.29) is 17.2 Å². The number of benzene rings is 2. The maximum atomic E-state index is 13.1. The summed E-state index contributed by atoms with van der Waals surface area (Å²) < 4.78 is 6.12. The topological polar surface area (TPSA) is 120 Å². The summed E-state index contributed by atoms with van der Waals surface area (Å²) in [6, 6.07) is 11.7. The summed E-state index contributed by atoms with van der Waals surface area (Å²) in [5, 5.41) is 13.6. The quantitative estimate of drug-likeness (QED) is 0.130. The van der Waals surface area contributed by atoms with Gasteiger partial charge in [-0.05, 0) is 55.0 Å². The summed E-state index contributed by atoms with van der Waals surface area (Å²) in [6.45, 7) is 7.26. The van der Waals surface area contributed by atoms with Crippen molar-refractivity contribution in [1.82, 2.24) is 9.88 Å². The lowest BCUT2D eigenvalue weighted by atomic mass is 9.98. The summed E-state index contributed by atoms with van der Waals surface area (Å²) in [5.41, 5.74) is 10.8. The van der Waals surface area contributed by atoms with Crippen LogP contribution in [0.4, 0.5) is 11.4 Å². The molecule has 1 aliphatic heterocycles. The van der Waals surface area contributed by atoms with Gasteiger partial charge >= 0.3 is 0 Å². The summed E-state index contributed by atoms with van der Waals surface area (Å²) in [4.78, 5) is 22.8. The molecule has 5 N–H and O–H groups in total. The third-order valence-electron chi connectivity index (χ3n) is 7.48. The van der Waals surface area contributed by atoms with Crippen LogP contribution in [0, 0.1) is 5.41 Å². The fourth-order valence-electron chi connectivity index (χ4n) is 5.54. The van der Waals surface area contributed by atoms with Gasteiger partial charge in [0.2, 0.25) is 0 Å². The number of ether oxygens (including phenoxy) is 1. The van der Waals surface area contributed by atoms with E-state index in [4.69, 9.17) is 15.9 Å². The van der Waals surface area contributed by atoms with Gasteiger partial charge in [-0.25, -0.2) is 0 Å². The second-order valence-corrected chi connectivity index (χ2v) is 10.9. The van der Waals surface area contributed by atoms with Crippen LogP contribution in [-0.4, -0.2) is 66.3 Å². The molecule has 2 heterocycles. The molecule has 8 nitrogen and oxygen atoms in total. The van der Waals surface area contributed by atoms with Crippen molar-refractivity contribution in [3.63, 3.8) is 0 Å². The first-order valence-corrected chi connectivity index (χ1v) is 14.0. The third-order valence-corrected chi connectivity index (χ3v) is 8.28. The standard InChI is InChI=1S/C29H34N6O2S/c1-32-27(18-38-14-12-35-11-13-37-29(19-35)8-2-3-9-29)28(36)34-26-16-20(15-24(31)23(26)17-30)21-5-4-6-25-22(21)7-10-33-25/h4-7,10,15-18,30,33H,1-3,8-9,11-14,19,31H2,(H,34,36)/b27-18-,30-17?. The minimum absolute atomic E-state index is 0.0576. The average molecular weight is 531 g/mol. The van der Waals surface area contributed by atoms with E-state index in [1.165, 1.54) is 12.8 Å². The predicted molar refractivity (Wildman–Crippen MR) is 158 cm³/mol. The van der Waals surface area contributed by atoms with Gasteiger partial charge in [0.15, 0.2) is 0 Å². The van der Waals surface area contributed by atoms with Gasteiger partial charge in [-0.15, -0.1) is 11.8 Å². The number of hydrogen-bond acceptors (Lipinski definition) is 7. The number of amides is 1. The van der Waals surface area contributed by atoms with Crippen LogP contribution in [0.1, 0.15) is 31.2 Å². The van der Waals surface area contributed by atoms with Crippen molar-refractivity contribution in [2.24, 2.45) is 4.99 Å². The maximum absolute atomic E-state index is 13.1. The first-order chi connectivity index (χ1) is 18.5. The van der Waals surface area contributed by atoms with Crippen LogP contribution in [-0.2, 0) is 9.53 Å². The second kappa shape index (κ2) is 11.6. The SMILES string of the molecule is C=N/C(=C\SCCN1CCOC2(CCCC2)C1)C(=O)Nc1cc(-c2cccc3[nH]ccc23)cc(N)c1C=N. The number of anilines is 2. The highest BCUT2D eigenvalue weighted by Crippen LogP contribution is 2.36. The molecule has 5 rings (SSSR count). The molecule has 3 aromatic rings. The maximum Gasteiger partial charge on any atom is 0.274 e. The van der Waals surface area contributed by atoms with Crippen LogP contribution in [0.25, 0.3) is 22.0 Å². The number of nitrogens with two attached hydrogens (primary N) is 1. The first kappa shape index (κ1) is 26.2. The van der Waals surface area contributed by atoms with Crippen molar-refractivity contribution in [3.8, 4) is 11.1 Å². The monoisotopic (exact) mass is 530 g/mol. The molecule has 1 saturated heterocycles. The molecule has 0 atom stereocenters. The number of nitrogen functional groups attached to an aromatic ring is 1. The molecule has 198 valence electrons. The van der Waals surface area contributed by atoms with Gasteiger partial charge in [0.1, 0.15) is 5.70 Å². The van der Waals surface area contributed by atoms with Crippen LogP contribution >= 0.6 is 11.8 Å². The van der Waals surface area contributed by atoms with Crippen LogP contribution in [0.2, 0.25) is 0 Å². The van der Waals surface area contributed by atoms with Crippen LogP contribution < -0.4 is 11.1 Å². The lowest BCUT2D eigenvalue weighted by molar-refractivity contribution is -0.112. The number of carbonyl (C=O) groups is 1. The number of fused-ring (bicyclic) bond motifs is 1. The molecular formula is C29H34N6O2S. The third kappa shape index (κ3) is 5.55. The Bertz CT molecular complexity index is 1370. The lowest BCUT2D eigenvalue weighted by Gasteiger charge is -2.40. The number of carbonyl (C=O) groups excluding carboxylic acids is 1. The Morgan fingerprint density at radius 2 is 2.16 bits per heavy atom. The molecule has 2 aliphatic rings. The molecule has 1 aliphatic carbocycles. The van der Waals surface area contributed by atoms with Gasteiger partial charge < -0.3 is 26.2 Å². The van der Waals surface area contributed by atoms with Crippen molar-refractivity contribution < 1.29 is 9.53 Å². The van der Waals surface area contributed by atoms with E-state index < -0.39 is 0 Å². The van der Waals surface area contributed by atoms with Crippen LogP contribution in [0.15, 0.2) is 58.7 Å². The van der Waals surface area contributed by atoms with Gasteiger partial charge in [0, 0.05) is 65.4 Å². The Kier molecular flexibility index (Phi) is 7.97. The van der Waals surface area contributed by atoms with Gasteiger partial charge in [-0.2, -0.15) is 0 Å². The number of thioether (sulfide) groups is 1. The van der Waals surface area contributed by atoms with Crippen LogP contribution in [0.3, 0.4) is 0 Å². The number of aliphatic imine (C=N–C) groups is 1. The smallest absolute Gasteiger partial charge is 0.274 e. The van der Waals surface area contributed by atoms with Crippen molar-refractivity contribution in [1.29, 1.82) is 5.41 Å². The Morgan fingerprint density at radius 3 is 2.95 bits per heavy atom. The van der Waals surface area contributed by atoms with Gasteiger partial charge in [0.25, 0.3) is 5.91 Å². The Balaban J connectivity index is 1.26. The molecule has 1 aromatic heterocycles. The molecule has 1 amide bonds. The Labute approximate surface area is 227 Å². The van der Waals surface area contributed by atoms with E-state index in [1.807, 2.05) is 42.6 Å². The first-order valence-electron chi connectivity index (χ1n) is 13.0. The minimum Gasteiger partial charge on any atom is -0.398 e. The van der Waals surface area contributed by atoms with Crippen molar-refractivity contribution in [2.75, 3.05) is 43.0 Å². The van der Waals surface area contributed by atoms with Crippen molar-refractivity contribution >= 4 is 52.9 Å². The number of nitrogens with one attached hydrogen (secondary N) is 3. The molecule has 1 saturated carbocycles.